The van der Waals surface area contributed by atoms with Crippen LogP contribution in [0.4, 0.5) is 0 Å². The van der Waals surface area contributed by atoms with Crippen LogP contribution < -0.4 is 5.32 Å². The van der Waals surface area contributed by atoms with Crippen LogP contribution in [0.25, 0.3) is 0 Å². The molecule has 0 radical (unpaired) electrons. The highest BCUT2D eigenvalue weighted by Crippen LogP contribution is 2.24. The standard InChI is InChI=1S/C14H26N2O3/c1-5-14(6-2)13(18)16(8-9-19-7-3)11(4)10-12(17)15-14/h11H,5-10H2,1-4H3,(H,15,17). The van der Waals surface area contributed by atoms with Gasteiger partial charge in [-0.15, -0.1) is 0 Å². The number of nitrogens with zero attached hydrogens (tertiary/aromatic N) is 1. The van der Waals surface area contributed by atoms with E-state index < -0.39 is 5.54 Å². The van der Waals surface area contributed by atoms with E-state index in [-0.39, 0.29) is 17.9 Å². The molecule has 2 amide bonds. The molecule has 0 aromatic rings. The fraction of sp³-hybridized carbons (Fsp3) is 0.857. The third-order valence-corrected chi connectivity index (χ3v) is 3.95. The van der Waals surface area contributed by atoms with Crippen LogP contribution in [0.2, 0.25) is 0 Å². The highest BCUT2D eigenvalue weighted by molar-refractivity contribution is 5.93. The van der Waals surface area contributed by atoms with Gasteiger partial charge in [0, 0.05) is 25.6 Å². The molecule has 1 aliphatic rings. The summed E-state index contributed by atoms with van der Waals surface area (Å²) < 4.78 is 5.34. The van der Waals surface area contributed by atoms with Crippen molar-refractivity contribution in [3.8, 4) is 0 Å². The van der Waals surface area contributed by atoms with Gasteiger partial charge in [0.2, 0.25) is 11.8 Å². The average molecular weight is 270 g/mol. The van der Waals surface area contributed by atoms with Gasteiger partial charge in [-0.3, -0.25) is 9.59 Å². The van der Waals surface area contributed by atoms with E-state index in [0.717, 1.165) is 0 Å². The lowest BCUT2D eigenvalue weighted by Gasteiger charge is -2.35. The Morgan fingerprint density at radius 3 is 2.47 bits per heavy atom. The van der Waals surface area contributed by atoms with Gasteiger partial charge >= 0.3 is 0 Å². The largest absolute Gasteiger partial charge is 0.380 e. The lowest BCUT2D eigenvalue weighted by Crippen LogP contribution is -2.57. The van der Waals surface area contributed by atoms with Crippen molar-refractivity contribution >= 4 is 11.8 Å². The zero-order valence-electron chi connectivity index (χ0n) is 12.5. The van der Waals surface area contributed by atoms with E-state index in [9.17, 15) is 9.59 Å². The number of hydrogen-bond acceptors (Lipinski definition) is 3. The van der Waals surface area contributed by atoms with E-state index in [1.54, 1.807) is 4.90 Å². The van der Waals surface area contributed by atoms with Crippen LogP contribution in [0.1, 0.15) is 47.0 Å². The van der Waals surface area contributed by atoms with E-state index in [0.29, 0.717) is 39.0 Å². The van der Waals surface area contributed by atoms with Crippen LogP contribution in [0.15, 0.2) is 0 Å². The van der Waals surface area contributed by atoms with Crippen molar-refractivity contribution in [2.24, 2.45) is 0 Å². The van der Waals surface area contributed by atoms with E-state index >= 15 is 0 Å². The minimum absolute atomic E-state index is 0.0237. The van der Waals surface area contributed by atoms with Gasteiger partial charge in [-0.1, -0.05) is 13.8 Å². The lowest BCUT2D eigenvalue weighted by molar-refractivity contribution is -0.141. The first-order valence-electron chi connectivity index (χ1n) is 7.20. The highest BCUT2D eigenvalue weighted by Gasteiger charge is 2.43. The summed E-state index contributed by atoms with van der Waals surface area (Å²) in [5.41, 5.74) is -0.742. The van der Waals surface area contributed by atoms with Crippen molar-refractivity contribution in [1.82, 2.24) is 10.2 Å². The first-order valence-corrected chi connectivity index (χ1v) is 7.20. The molecule has 1 rings (SSSR count). The second kappa shape index (κ2) is 6.89. The Morgan fingerprint density at radius 1 is 1.32 bits per heavy atom. The molecule has 19 heavy (non-hydrogen) atoms. The van der Waals surface area contributed by atoms with Gasteiger partial charge in [0.05, 0.1) is 6.61 Å². The molecule has 1 fully saturated rings. The molecular formula is C14H26N2O3. The molecule has 1 unspecified atom stereocenters. The van der Waals surface area contributed by atoms with E-state index in [1.165, 1.54) is 0 Å². The number of carbonyl (C=O) groups is 2. The summed E-state index contributed by atoms with van der Waals surface area (Å²) in [6.07, 6.45) is 1.59. The minimum Gasteiger partial charge on any atom is -0.380 e. The van der Waals surface area contributed by atoms with Gasteiger partial charge in [-0.25, -0.2) is 0 Å². The van der Waals surface area contributed by atoms with Crippen molar-refractivity contribution in [3.05, 3.63) is 0 Å². The molecule has 1 heterocycles. The first-order chi connectivity index (χ1) is 9.00. The maximum absolute atomic E-state index is 12.7. The monoisotopic (exact) mass is 270 g/mol. The second-order valence-corrected chi connectivity index (χ2v) is 5.09. The third kappa shape index (κ3) is 3.47. The zero-order valence-corrected chi connectivity index (χ0v) is 12.5. The predicted molar refractivity (Wildman–Crippen MR) is 73.7 cm³/mol. The molecule has 1 N–H and O–H groups in total. The van der Waals surface area contributed by atoms with Crippen LogP contribution in [0.5, 0.6) is 0 Å². The molecule has 0 aromatic heterocycles. The van der Waals surface area contributed by atoms with Crippen molar-refractivity contribution in [2.45, 2.75) is 58.5 Å². The van der Waals surface area contributed by atoms with Crippen LogP contribution in [-0.4, -0.2) is 48.1 Å². The summed E-state index contributed by atoms with van der Waals surface area (Å²) in [6.45, 7) is 9.44. The van der Waals surface area contributed by atoms with Crippen LogP contribution in [0, 0.1) is 0 Å². The summed E-state index contributed by atoms with van der Waals surface area (Å²) in [6, 6.07) is -0.0760. The Hall–Kier alpha value is -1.10. The normalized spacial score (nSPS) is 23.2. The molecule has 0 aromatic carbocycles. The molecule has 1 saturated heterocycles. The number of carbonyl (C=O) groups excluding carboxylic acids is 2. The van der Waals surface area contributed by atoms with Crippen molar-refractivity contribution in [3.63, 3.8) is 0 Å². The third-order valence-electron chi connectivity index (χ3n) is 3.95. The summed E-state index contributed by atoms with van der Waals surface area (Å²) in [5.74, 6) is -0.0148. The number of nitrogens with one attached hydrogen (secondary N) is 1. The molecule has 1 aliphatic heterocycles. The van der Waals surface area contributed by atoms with Gasteiger partial charge in [0.1, 0.15) is 5.54 Å². The molecule has 1 atom stereocenters. The van der Waals surface area contributed by atoms with Crippen molar-refractivity contribution < 1.29 is 14.3 Å². The van der Waals surface area contributed by atoms with E-state index in [2.05, 4.69) is 5.32 Å². The number of rotatable bonds is 6. The SMILES string of the molecule is CCOCCN1C(=O)C(CC)(CC)NC(=O)CC1C. The van der Waals surface area contributed by atoms with Crippen LogP contribution in [0.3, 0.4) is 0 Å². The molecule has 0 saturated carbocycles. The van der Waals surface area contributed by atoms with Crippen molar-refractivity contribution in [2.75, 3.05) is 19.8 Å². The highest BCUT2D eigenvalue weighted by atomic mass is 16.5. The van der Waals surface area contributed by atoms with E-state index in [4.69, 9.17) is 4.74 Å². The smallest absolute Gasteiger partial charge is 0.248 e. The zero-order chi connectivity index (χ0) is 14.5. The van der Waals surface area contributed by atoms with Gasteiger partial charge < -0.3 is 15.0 Å². The Labute approximate surface area is 115 Å². The molecule has 0 spiro atoms. The first kappa shape index (κ1) is 16.0. The topological polar surface area (TPSA) is 58.6 Å². The number of hydrogen-bond donors (Lipinski definition) is 1. The summed E-state index contributed by atoms with van der Waals surface area (Å²) in [4.78, 5) is 26.5. The molecule has 5 nitrogen and oxygen atoms in total. The van der Waals surface area contributed by atoms with Gasteiger partial charge in [0.15, 0.2) is 0 Å². The molecule has 5 heteroatoms. The van der Waals surface area contributed by atoms with Crippen molar-refractivity contribution in [1.29, 1.82) is 0 Å². The maximum atomic E-state index is 12.7. The Bertz CT molecular complexity index is 327. The fourth-order valence-electron chi connectivity index (χ4n) is 2.58. The Balaban J connectivity index is 2.92. The fourth-order valence-corrected chi connectivity index (χ4v) is 2.58. The molecule has 110 valence electrons. The van der Waals surface area contributed by atoms with Gasteiger partial charge in [-0.2, -0.15) is 0 Å². The number of ether oxygens (including phenoxy) is 1. The quantitative estimate of drug-likeness (QED) is 0.741. The van der Waals surface area contributed by atoms with Crippen LogP contribution >= 0.6 is 0 Å². The van der Waals surface area contributed by atoms with Gasteiger partial charge in [-0.05, 0) is 26.7 Å². The Morgan fingerprint density at radius 2 is 1.95 bits per heavy atom. The van der Waals surface area contributed by atoms with Crippen LogP contribution in [-0.2, 0) is 14.3 Å². The minimum atomic E-state index is -0.742. The predicted octanol–water partition coefficient (Wildman–Crippen LogP) is 1.32. The lowest BCUT2D eigenvalue weighted by atomic mass is 9.91. The second-order valence-electron chi connectivity index (χ2n) is 5.09. The molecule has 0 bridgehead atoms. The Kier molecular flexibility index (Phi) is 5.79. The summed E-state index contributed by atoms with van der Waals surface area (Å²) >= 11 is 0. The maximum Gasteiger partial charge on any atom is 0.248 e. The average Bonchev–Trinajstić information content (AvgIpc) is 2.48. The number of amides is 2. The molecular weight excluding hydrogens is 244 g/mol. The van der Waals surface area contributed by atoms with E-state index in [1.807, 2.05) is 27.7 Å². The summed E-state index contributed by atoms with van der Waals surface area (Å²) in [7, 11) is 0. The van der Waals surface area contributed by atoms with Gasteiger partial charge in [0.25, 0.3) is 0 Å². The summed E-state index contributed by atoms with van der Waals surface area (Å²) in [5, 5.41) is 2.92. The molecule has 0 aliphatic carbocycles.